The van der Waals surface area contributed by atoms with Gasteiger partial charge < -0.3 is 9.47 Å². The van der Waals surface area contributed by atoms with E-state index in [1.807, 2.05) is 66.7 Å². The van der Waals surface area contributed by atoms with Gasteiger partial charge in [-0.1, -0.05) is 36.4 Å². The first kappa shape index (κ1) is 24.7. The second-order valence-corrected chi connectivity index (χ2v) is 10.3. The predicted molar refractivity (Wildman–Crippen MR) is 151 cm³/mol. The number of hydrazone groups is 1. The van der Waals surface area contributed by atoms with Gasteiger partial charge in [0.25, 0.3) is 5.91 Å². The maximum atomic E-state index is 12.7. The van der Waals surface area contributed by atoms with E-state index in [0.29, 0.717) is 23.7 Å². The fraction of sp³-hybridized carbons (Fsp3) is 0.0769. The Labute approximate surface area is 227 Å². The lowest BCUT2D eigenvalue weighted by molar-refractivity contribution is 0.0952. The number of nitrogens with one attached hydrogen (secondary N) is 1. The summed E-state index contributed by atoms with van der Waals surface area (Å²) in [4.78, 5) is 12.7. The Bertz CT molecular complexity index is 1350. The van der Waals surface area contributed by atoms with Gasteiger partial charge in [0.2, 0.25) is 0 Å². The lowest BCUT2D eigenvalue weighted by atomic mass is 10.1. The number of halogens is 3. The van der Waals surface area contributed by atoms with Crippen molar-refractivity contribution in [2.75, 3.05) is 7.11 Å². The minimum Gasteiger partial charge on any atom is -0.496 e. The molecule has 4 rings (SSSR count). The van der Waals surface area contributed by atoms with Crippen LogP contribution in [0.25, 0.3) is 10.8 Å². The Morgan fingerprint density at radius 3 is 2.29 bits per heavy atom. The van der Waals surface area contributed by atoms with Gasteiger partial charge in [0, 0.05) is 3.57 Å². The monoisotopic (exact) mass is 692 g/mol. The second kappa shape index (κ2) is 11.3. The zero-order valence-electron chi connectivity index (χ0n) is 18.0. The van der Waals surface area contributed by atoms with Crippen LogP contribution < -0.4 is 14.9 Å². The average molecular weight is 694 g/mol. The van der Waals surface area contributed by atoms with Crippen LogP contribution in [0.4, 0.5) is 0 Å². The molecular weight excluding hydrogens is 675 g/mol. The van der Waals surface area contributed by atoms with Crippen LogP contribution in [0, 0.1) is 3.57 Å². The summed E-state index contributed by atoms with van der Waals surface area (Å²) in [6.45, 7) is 0.450. The summed E-state index contributed by atoms with van der Waals surface area (Å²) in [6, 6.07) is 23.4. The number of nitrogens with zero attached hydrogens (tertiary/aromatic N) is 1. The molecule has 5 nitrogen and oxygen atoms in total. The van der Waals surface area contributed by atoms with E-state index in [1.165, 1.54) is 3.57 Å². The number of amides is 1. The summed E-state index contributed by atoms with van der Waals surface area (Å²) in [5, 5.41) is 6.07. The van der Waals surface area contributed by atoms with Crippen molar-refractivity contribution in [2.24, 2.45) is 5.10 Å². The van der Waals surface area contributed by atoms with E-state index in [1.54, 1.807) is 19.4 Å². The number of fused-ring (bicyclic) bond motifs is 1. The molecule has 0 aliphatic carbocycles. The number of hydrogen-bond acceptors (Lipinski definition) is 4. The summed E-state index contributed by atoms with van der Waals surface area (Å²) in [6.07, 6.45) is 1.57. The van der Waals surface area contributed by atoms with Gasteiger partial charge in [-0.3, -0.25) is 4.79 Å². The molecule has 8 heteroatoms. The van der Waals surface area contributed by atoms with E-state index in [0.717, 1.165) is 30.8 Å². The molecule has 0 fully saturated rings. The molecule has 1 N–H and O–H groups in total. The maximum absolute atomic E-state index is 12.7. The number of methoxy groups -OCH3 is 1. The molecule has 0 aliphatic heterocycles. The van der Waals surface area contributed by atoms with E-state index in [-0.39, 0.29) is 5.91 Å². The van der Waals surface area contributed by atoms with Gasteiger partial charge in [-0.15, -0.1) is 0 Å². The average Bonchev–Trinajstić information content (AvgIpc) is 2.83. The Kier molecular flexibility index (Phi) is 8.23. The van der Waals surface area contributed by atoms with Crippen LogP contribution in [-0.2, 0) is 6.61 Å². The quantitative estimate of drug-likeness (QED) is 0.125. The largest absolute Gasteiger partial charge is 0.496 e. The molecule has 4 aromatic rings. The van der Waals surface area contributed by atoms with E-state index in [9.17, 15) is 4.79 Å². The third-order valence-corrected chi connectivity index (χ3v) is 6.91. The number of carbonyl (C=O) groups is 1. The first-order chi connectivity index (χ1) is 16.4. The third kappa shape index (κ3) is 5.97. The van der Waals surface area contributed by atoms with E-state index < -0.39 is 0 Å². The molecule has 0 heterocycles. The molecular formula is C26H19Br2IN2O3. The molecule has 0 aliphatic rings. The van der Waals surface area contributed by atoms with Gasteiger partial charge in [0.1, 0.15) is 18.1 Å². The zero-order chi connectivity index (χ0) is 24.1. The van der Waals surface area contributed by atoms with Crippen molar-refractivity contribution in [1.82, 2.24) is 5.43 Å². The van der Waals surface area contributed by atoms with Crippen molar-refractivity contribution in [2.45, 2.75) is 6.61 Å². The van der Waals surface area contributed by atoms with Crippen LogP contribution in [-0.4, -0.2) is 19.2 Å². The number of rotatable bonds is 7. The second-order valence-electron chi connectivity index (χ2n) is 7.33. The predicted octanol–water partition coefficient (Wildman–Crippen LogP) is 7.32. The van der Waals surface area contributed by atoms with Crippen molar-refractivity contribution >= 4 is 77.3 Å². The van der Waals surface area contributed by atoms with Crippen molar-refractivity contribution < 1.29 is 14.3 Å². The minimum atomic E-state index is -0.352. The van der Waals surface area contributed by atoms with E-state index >= 15 is 0 Å². The van der Waals surface area contributed by atoms with Gasteiger partial charge >= 0.3 is 0 Å². The van der Waals surface area contributed by atoms with Gasteiger partial charge in [0.15, 0.2) is 0 Å². The SMILES string of the molecule is COc1cc2ccccc2cc1C(=O)N/N=C\c1cc(Br)c(OCc2ccc(I)cc2)c(Br)c1. The molecule has 0 radical (unpaired) electrons. The maximum Gasteiger partial charge on any atom is 0.275 e. The topological polar surface area (TPSA) is 59.9 Å². The lowest BCUT2D eigenvalue weighted by Crippen LogP contribution is -2.18. The van der Waals surface area contributed by atoms with Crippen molar-refractivity contribution in [3.8, 4) is 11.5 Å². The third-order valence-electron chi connectivity index (χ3n) is 5.01. The molecule has 0 spiro atoms. The summed E-state index contributed by atoms with van der Waals surface area (Å²) in [5.74, 6) is 0.835. The van der Waals surface area contributed by atoms with E-state index in [4.69, 9.17) is 9.47 Å². The van der Waals surface area contributed by atoms with Crippen LogP contribution in [0.1, 0.15) is 21.5 Å². The Balaban J connectivity index is 1.45. The fourth-order valence-electron chi connectivity index (χ4n) is 3.32. The molecule has 34 heavy (non-hydrogen) atoms. The molecule has 172 valence electrons. The Hall–Kier alpha value is -2.43. The number of carbonyl (C=O) groups excluding carboxylic acids is 1. The molecule has 0 aromatic heterocycles. The highest BCUT2D eigenvalue weighted by Gasteiger charge is 2.13. The molecule has 0 saturated heterocycles. The van der Waals surface area contributed by atoms with Crippen molar-refractivity contribution in [1.29, 1.82) is 0 Å². The minimum absolute atomic E-state index is 0.352. The highest BCUT2D eigenvalue weighted by atomic mass is 127. The van der Waals surface area contributed by atoms with Gasteiger partial charge in [-0.2, -0.15) is 5.10 Å². The number of benzene rings is 4. The van der Waals surface area contributed by atoms with Gasteiger partial charge in [-0.25, -0.2) is 5.43 Å². The van der Waals surface area contributed by atoms with Gasteiger partial charge in [0.05, 0.1) is 27.8 Å². The molecule has 0 unspecified atom stereocenters. The van der Waals surface area contributed by atoms with Crippen LogP contribution in [0.3, 0.4) is 0 Å². The molecule has 0 atom stereocenters. The van der Waals surface area contributed by atoms with Crippen molar-refractivity contribution in [3.05, 3.63) is 102 Å². The highest BCUT2D eigenvalue weighted by molar-refractivity contribution is 14.1. The smallest absolute Gasteiger partial charge is 0.275 e. The number of hydrogen-bond donors (Lipinski definition) is 1. The Morgan fingerprint density at radius 1 is 1.00 bits per heavy atom. The van der Waals surface area contributed by atoms with Crippen LogP contribution in [0.5, 0.6) is 11.5 Å². The molecule has 0 saturated carbocycles. The van der Waals surface area contributed by atoms with Crippen LogP contribution in [0.15, 0.2) is 86.8 Å². The summed E-state index contributed by atoms with van der Waals surface area (Å²) in [5.41, 5.74) is 4.86. The number of ether oxygens (including phenoxy) is 2. The zero-order valence-corrected chi connectivity index (χ0v) is 23.3. The van der Waals surface area contributed by atoms with Crippen LogP contribution >= 0.6 is 54.5 Å². The molecule has 4 aromatic carbocycles. The summed E-state index contributed by atoms with van der Waals surface area (Å²) < 4.78 is 14.1. The summed E-state index contributed by atoms with van der Waals surface area (Å²) in [7, 11) is 1.54. The summed E-state index contributed by atoms with van der Waals surface area (Å²) >= 11 is 9.40. The Morgan fingerprint density at radius 2 is 1.65 bits per heavy atom. The van der Waals surface area contributed by atoms with Crippen LogP contribution in [0.2, 0.25) is 0 Å². The molecule has 0 bridgehead atoms. The first-order valence-electron chi connectivity index (χ1n) is 10.2. The highest BCUT2D eigenvalue weighted by Crippen LogP contribution is 2.35. The lowest BCUT2D eigenvalue weighted by Gasteiger charge is -2.11. The van der Waals surface area contributed by atoms with Gasteiger partial charge in [-0.05, 0) is 113 Å². The molecule has 1 amide bonds. The fourth-order valence-corrected chi connectivity index (χ4v) is 5.13. The van der Waals surface area contributed by atoms with E-state index in [2.05, 4.69) is 65.0 Å². The normalized spacial score (nSPS) is 11.1. The van der Waals surface area contributed by atoms with Crippen molar-refractivity contribution in [3.63, 3.8) is 0 Å². The first-order valence-corrected chi connectivity index (χ1v) is 12.9. The standard InChI is InChI=1S/C26H19Br2IN2O3/c1-33-24-13-19-5-3-2-4-18(19)12-21(24)26(32)31-30-14-17-10-22(27)25(23(28)11-17)34-15-16-6-8-20(29)9-7-16/h2-14H,15H2,1H3,(H,31,32)/b30-14-.